The highest BCUT2D eigenvalue weighted by Crippen LogP contribution is 2.02. The SMILES string of the molecule is C[Si](C)(C)/C=C\Br. The van der Waals surface area contributed by atoms with E-state index in [-0.39, 0.29) is 0 Å². The maximum absolute atomic E-state index is 3.24. The van der Waals surface area contributed by atoms with E-state index in [1.54, 1.807) is 0 Å². The first kappa shape index (κ1) is 7.44. The Labute approximate surface area is 54.8 Å². The van der Waals surface area contributed by atoms with Crippen LogP contribution in [0.2, 0.25) is 19.6 Å². The van der Waals surface area contributed by atoms with Crippen LogP contribution in [-0.2, 0) is 0 Å². The van der Waals surface area contributed by atoms with Gasteiger partial charge in [-0.2, -0.15) is 0 Å². The van der Waals surface area contributed by atoms with Gasteiger partial charge >= 0.3 is 0 Å². The van der Waals surface area contributed by atoms with E-state index in [0.29, 0.717) is 0 Å². The highest BCUT2D eigenvalue weighted by Gasteiger charge is 2.04. The van der Waals surface area contributed by atoms with Crippen LogP contribution in [0.5, 0.6) is 0 Å². The van der Waals surface area contributed by atoms with Crippen molar-refractivity contribution in [2.75, 3.05) is 0 Å². The molecular weight excluding hydrogens is 168 g/mol. The smallest absolute Gasteiger partial charge is 0.0693 e. The molecule has 0 saturated heterocycles. The van der Waals surface area contributed by atoms with E-state index in [1.165, 1.54) is 0 Å². The Morgan fingerprint density at radius 2 is 1.71 bits per heavy atom. The van der Waals surface area contributed by atoms with Crippen LogP contribution < -0.4 is 0 Å². The van der Waals surface area contributed by atoms with E-state index in [1.807, 2.05) is 4.99 Å². The minimum Gasteiger partial charge on any atom is -0.0882 e. The molecule has 0 N–H and O–H groups in total. The van der Waals surface area contributed by atoms with E-state index in [4.69, 9.17) is 0 Å². The summed E-state index contributed by atoms with van der Waals surface area (Å²) >= 11 is 3.24. The summed E-state index contributed by atoms with van der Waals surface area (Å²) < 4.78 is 0. The van der Waals surface area contributed by atoms with Crippen LogP contribution in [0.25, 0.3) is 0 Å². The van der Waals surface area contributed by atoms with Gasteiger partial charge in [0.1, 0.15) is 0 Å². The lowest BCUT2D eigenvalue weighted by molar-refractivity contribution is 1.78. The number of hydrogen-bond donors (Lipinski definition) is 0. The van der Waals surface area contributed by atoms with Gasteiger partial charge in [0.2, 0.25) is 0 Å². The quantitative estimate of drug-likeness (QED) is 0.543. The molecule has 0 aromatic heterocycles. The van der Waals surface area contributed by atoms with Crippen molar-refractivity contribution < 1.29 is 0 Å². The van der Waals surface area contributed by atoms with Crippen LogP contribution in [-0.4, -0.2) is 8.07 Å². The lowest BCUT2D eigenvalue weighted by atomic mass is 11.3. The molecule has 0 rings (SSSR count). The van der Waals surface area contributed by atoms with Crippen LogP contribution in [0, 0.1) is 0 Å². The Kier molecular flexibility index (Phi) is 2.84. The molecule has 0 aliphatic heterocycles. The molecule has 0 saturated carbocycles. The van der Waals surface area contributed by atoms with Crippen molar-refractivity contribution >= 4 is 24.0 Å². The average molecular weight is 179 g/mol. The first-order chi connectivity index (χ1) is 3.06. The molecule has 0 fully saturated rings. The second-order valence-electron chi connectivity index (χ2n) is 2.66. The van der Waals surface area contributed by atoms with E-state index in [0.717, 1.165) is 0 Å². The zero-order valence-corrected chi connectivity index (χ0v) is 7.62. The molecule has 0 unspecified atom stereocenters. The van der Waals surface area contributed by atoms with Gasteiger partial charge in [-0.1, -0.05) is 41.3 Å². The molecule has 0 radical (unpaired) electrons. The van der Waals surface area contributed by atoms with Crippen molar-refractivity contribution in [1.82, 2.24) is 0 Å². The summed E-state index contributed by atoms with van der Waals surface area (Å²) in [6.07, 6.45) is 0. The van der Waals surface area contributed by atoms with Gasteiger partial charge in [-0.05, 0) is 4.99 Å². The van der Waals surface area contributed by atoms with Gasteiger partial charge in [-0.3, -0.25) is 0 Å². The van der Waals surface area contributed by atoms with Gasteiger partial charge in [-0.25, -0.2) is 0 Å². The van der Waals surface area contributed by atoms with Crippen LogP contribution in [0.15, 0.2) is 10.7 Å². The lowest BCUT2D eigenvalue weighted by Gasteiger charge is -2.05. The maximum Gasteiger partial charge on any atom is 0.0693 e. The van der Waals surface area contributed by atoms with Gasteiger partial charge < -0.3 is 0 Å². The molecule has 0 nitrogen and oxygen atoms in total. The van der Waals surface area contributed by atoms with E-state index in [2.05, 4.69) is 41.3 Å². The van der Waals surface area contributed by atoms with E-state index in [9.17, 15) is 0 Å². The first-order valence-corrected chi connectivity index (χ1v) is 6.83. The van der Waals surface area contributed by atoms with Crippen molar-refractivity contribution in [3.05, 3.63) is 10.7 Å². The minimum absolute atomic E-state index is 0.885. The van der Waals surface area contributed by atoms with Crippen molar-refractivity contribution in [2.24, 2.45) is 0 Å². The van der Waals surface area contributed by atoms with Gasteiger partial charge in [0.25, 0.3) is 0 Å². The summed E-state index contributed by atoms with van der Waals surface area (Å²) in [6, 6.07) is 0. The third-order valence-corrected chi connectivity index (χ3v) is 2.48. The molecule has 7 heavy (non-hydrogen) atoms. The van der Waals surface area contributed by atoms with Gasteiger partial charge in [0.05, 0.1) is 8.07 Å². The van der Waals surface area contributed by atoms with Crippen molar-refractivity contribution in [2.45, 2.75) is 19.6 Å². The second kappa shape index (κ2) is 2.67. The van der Waals surface area contributed by atoms with Gasteiger partial charge in [0.15, 0.2) is 0 Å². The molecule has 0 spiro atoms. The summed E-state index contributed by atoms with van der Waals surface area (Å²) in [5.74, 6) is 0. The summed E-state index contributed by atoms with van der Waals surface area (Å²) in [4.78, 5) is 1.96. The standard InChI is InChI=1S/C5H11BrSi/c1-7(2,3)5-4-6/h4-5H,1-3H3/b5-4-. The molecule has 0 bridgehead atoms. The summed E-state index contributed by atoms with van der Waals surface area (Å²) in [7, 11) is -0.885. The lowest BCUT2D eigenvalue weighted by Crippen LogP contribution is -2.14. The molecule has 0 heterocycles. The largest absolute Gasteiger partial charge is 0.0882 e. The topological polar surface area (TPSA) is 0 Å². The summed E-state index contributed by atoms with van der Waals surface area (Å²) in [6.45, 7) is 6.89. The number of hydrogen-bond acceptors (Lipinski definition) is 0. The zero-order chi connectivity index (χ0) is 5.91. The molecule has 42 valence electrons. The van der Waals surface area contributed by atoms with Crippen LogP contribution >= 0.6 is 15.9 Å². The fourth-order valence-corrected chi connectivity index (χ4v) is 2.95. The van der Waals surface area contributed by atoms with Crippen LogP contribution in [0.4, 0.5) is 0 Å². The van der Waals surface area contributed by atoms with Crippen molar-refractivity contribution in [3.8, 4) is 0 Å². The molecule has 2 heteroatoms. The molecular formula is C5H11BrSi. The Balaban J connectivity index is 3.56. The molecule has 0 aromatic carbocycles. The fourth-order valence-electron chi connectivity index (χ4n) is 0.189. The zero-order valence-electron chi connectivity index (χ0n) is 5.03. The molecule has 0 aliphatic rings. The van der Waals surface area contributed by atoms with Crippen LogP contribution in [0.1, 0.15) is 0 Å². The Bertz CT molecular complexity index is 70.6. The Morgan fingerprint density at radius 1 is 1.29 bits per heavy atom. The Morgan fingerprint density at radius 3 is 1.71 bits per heavy atom. The fraction of sp³-hybridized carbons (Fsp3) is 0.600. The summed E-state index contributed by atoms with van der Waals surface area (Å²) in [5, 5.41) is 0. The highest BCUT2D eigenvalue weighted by atomic mass is 79.9. The Hall–Kier alpha value is 0.437. The monoisotopic (exact) mass is 178 g/mol. The minimum atomic E-state index is -0.885. The van der Waals surface area contributed by atoms with Crippen LogP contribution in [0.3, 0.4) is 0 Å². The first-order valence-electron chi connectivity index (χ1n) is 2.34. The van der Waals surface area contributed by atoms with E-state index < -0.39 is 8.07 Å². The second-order valence-corrected chi connectivity index (χ2v) is 8.25. The molecule has 0 amide bonds. The van der Waals surface area contributed by atoms with E-state index >= 15 is 0 Å². The average Bonchev–Trinajstić information content (AvgIpc) is 1.30. The normalized spacial score (nSPS) is 13.1. The maximum atomic E-state index is 3.24. The molecule has 0 atom stereocenters. The third-order valence-electron chi connectivity index (χ3n) is 0.563. The highest BCUT2D eigenvalue weighted by molar-refractivity contribution is 9.11. The molecule has 0 aliphatic carbocycles. The van der Waals surface area contributed by atoms with Gasteiger partial charge in [0, 0.05) is 0 Å². The summed E-state index contributed by atoms with van der Waals surface area (Å²) in [5.41, 5.74) is 2.24. The van der Waals surface area contributed by atoms with Gasteiger partial charge in [-0.15, -0.1) is 0 Å². The third kappa shape index (κ3) is 6.44. The molecule has 0 aromatic rings. The predicted octanol–water partition coefficient (Wildman–Crippen LogP) is 2.77. The van der Waals surface area contributed by atoms with Crippen molar-refractivity contribution in [1.29, 1.82) is 0 Å². The predicted molar refractivity (Wildman–Crippen MR) is 41.4 cm³/mol. The number of halogens is 1. The van der Waals surface area contributed by atoms with Crippen molar-refractivity contribution in [3.63, 3.8) is 0 Å². The number of rotatable bonds is 1.